The molecule has 0 radical (unpaired) electrons. The fourth-order valence-electron chi connectivity index (χ4n) is 2.49. The molecule has 0 saturated heterocycles. The average molecular weight is 318 g/mol. The standard InChI is InChI=1S/C19H30N2O2/c1-12(2)14-9-8-10-15(13(3)4)18(14)20-16(22)11-17(23)21-19(5,6)7/h8-10,12-13H,11H2,1-7H3,(H,20,22)(H,21,23). The van der Waals surface area contributed by atoms with E-state index in [4.69, 9.17) is 0 Å². The summed E-state index contributed by atoms with van der Waals surface area (Å²) in [5.74, 6) is 0.0599. The minimum Gasteiger partial charge on any atom is -0.351 e. The van der Waals surface area contributed by atoms with Crippen molar-refractivity contribution < 1.29 is 9.59 Å². The second kappa shape index (κ2) is 7.62. The van der Waals surface area contributed by atoms with E-state index < -0.39 is 0 Å². The van der Waals surface area contributed by atoms with Crippen LogP contribution < -0.4 is 10.6 Å². The lowest BCUT2D eigenvalue weighted by Crippen LogP contribution is -2.42. The Bertz CT molecular complexity index is 543. The van der Waals surface area contributed by atoms with Crippen LogP contribution in [0.3, 0.4) is 0 Å². The van der Waals surface area contributed by atoms with Crippen molar-refractivity contribution in [2.75, 3.05) is 5.32 Å². The van der Waals surface area contributed by atoms with Gasteiger partial charge in [-0.05, 0) is 43.7 Å². The van der Waals surface area contributed by atoms with Gasteiger partial charge in [-0.2, -0.15) is 0 Å². The van der Waals surface area contributed by atoms with E-state index in [1.807, 2.05) is 39.0 Å². The van der Waals surface area contributed by atoms with E-state index in [-0.39, 0.29) is 23.8 Å². The number of hydrogen-bond donors (Lipinski definition) is 2. The number of carbonyl (C=O) groups is 2. The molecule has 0 heterocycles. The molecule has 4 heteroatoms. The molecule has 0 bridgehead atoms. The van der Waals surface area contributed by atoms with E-state index in [0.717, 1.165) is 16.8 Å². The molecule has 0 spiro atoms. The van der Waals surface area contributed by atoms with Gasteiger partial charge in [-0.25, -0.2) is 0 Å². The molecule has 0 atom stereocenters. The molecule has 0 aliphatic rings. The Hall–Kier alpha value is -1.84. The van der Waals surface area contributed by atoms with Crippen LogP contribution in [-0.4, -0.2) is 17.4 Å². The number of benzene rings is 1. The van der Waals surface area contributed by atoms with Crippen molar-refractivity contribution in [2.45, 2.75) is 72.3 Å². The Balaban J connectivity index is 2.95. The second-order valence-corrected chi connectivity index (χ2v) is 7.64. The van der Waals surface area contributed by atoms with Crippen LogP contribution in [0.25, 0.3) is 0 Å². The van der Waals surface area contributed by atoms with Gasteiger partial charge in [0.05, 0.1) is 0 Å². The van der Waals surface area contributed by atoms with Crippen molar-refractivity contribution in [1.82, 2.24) is 5.32 Å². The zero-order chi connectivity index (χ0) is 17.8. The van der Waals surface area contributed by atoms with Crippen molar-refractivity contribution in [3.63, 3.8) is 0 Å². The molecule has 0 aliphatic heterocycles. The first-order valence-electron chi connectivity index (χ1n) is 8.25. The molecule has 1 aromatic carbocycles. The zero-order valence-electron chi connectivity index (χ0n) is 15.4. The summed E-state index contributed by atoms with van der Waals surface area (Å²) in [6.07, 6.45) is -0.165. The minimum absolute atomic E-state index is 0.165. The van der Waals surface area contributed by atoms with E-state index in [9.17, 15) is 9.59 Å². The van der Waals surface area contributed by atoms with Gasteiger partial charge in [-0.1, -0.05) is 45.9 Å². The maximum atomic E-state index is 12.3. The lowest BCUT2D eigenvalue weighted by atomic mass is 9.92. The predicted molar refractivity (Wildman–Crippen MR) is 95.8 cm³/mol. The van der Waals surface area contributed by atoms with Crippen LogP contribution in [-0.2, 0) is 9.59 Å². The van der Waals surface area contributed by atoms with Crippen molar-refractivity contribution in [3.05, 3.63) is 29.3 Å². The molecule has 0 aliphatic carbocycles. The Labute approximate surface area is 140 Å². The molecule has 23 heavy (non-hydrogen) atoms. The quantitative estimate of drug-likeness (QED) is 0.800. The Morgan fingerprint density at radius 2 is 1.43 bits per heavy atom. The van der Waals surface area contributed by atoms with Crippen LogP contribution in [0.1, 0.15) is 77.8 Å². The molecule has 0 aromatic heterocycles. The first-order chi connectivity index (χ1) is 10.5. The van der Waals surface area contributed by atoms with Crippen LogP contribution in [0.4, 0.5) is 5.69 Å². The number of amides is 2. The highest BCUT2D eigenvalue weighted by molar-refractivity contribution is 6.04. The van der Waals surface area contributed by atoms with Gasteiger partial charge < -0.3 is 10.6 Å². The topological polar surface area (TPSA) is 58.2 Å². The third kappa shape index (κ3) is 6.05. The number of para-hydroxylation sites is 1. The smallest absolute Gasteiger partial charge is 0.233 e. The summed E-state index contributed by atoms with van der Waals surface area (Å²) in [5, 5.41) is 5.77. The lowest BCUT2D eigenvalue weighted by molar-refractivity contribution is -0.127. The van der Waals surface area contributed by atoms with Gasteiger partial charge in [0.2, 0.25) is 11.8 Å². The highest BCUT2D eigenvalue weighted by atomic mass is 16.2. The van der Waals surface area contributed by atoms with Crippen LogP contribution in [0, 0.1) is 0 Å². The molecule has 1 rings (SSSR count). The predicted octanol–water partition coefficient (Wildman–Crippen LogP) is 4.18. The molecular weight excluding hydrogens is 288 g/mol. The van der Waals surface area contributed by atoms with Crippen molar-refractivity contribution >= 4 is 17.5 Å². The monoisotopic (exact) mass is 318 g/mol. The molecule has 4 nitrogen and oxygen atoms in total. The first-order valence-corrected chi connectivity index (χ1v) is 8.25. The molecule has 2 N–H and O–H groups in total. The molecule has 128 valence electrons. The van der Waals surface area contributed by atoms with Crippen LogP contribution in [0.15, 0.2) is 18.2 Å². The van der Waals surface area contributed by atoms with Gasteiger partial charge in [0.25, 0.3) is 0 Å². The summed E-state index contributed by atoms with van der Waals surface area (Å²) in [6, 6.07) is 6.08. The summed E-state index contributed by atoms with van der Waals surface area (Å²) in [5.41, 5.74) is 2.71. The fraction of sp³-hybridized carbons (Fsp3) is 0.579. The summed E-state index contributed by atoms with van der Waals surface area (Å²) in [4.78, 5) is 24.2. The third-order valence-electron chi connectivity index (χ3n) is 3.47. The Kier molecular flexibility index (Phi) is 6.37. The normalized spacial score (nSPS) is 11.7. The van der Waals surface area contributed by atoms with Crippen LogP contribution >= 0.6 is 0 Å². The van der Waals surface area contributed by atoms with Gasteiger partial charge >= 0.3 is 0 Å². The average Bonchev–Trinajstić information content (AvgIpc) is 2.35. The summed E-state index contributed by atoms with van der Waals surface area (Å²) >= 11 is 0. The third-order valence-corrected chi connectivity index (χ3v) is 3.47. The molecule has 0 saturated carbocycles. The van der Waals surface area contributed by atoms with Crippen molar-refractivity contribution in [2.24, 2.45) is 0 Å². The highest BCUT2D eigenvalue weighted by Crippen LogP contribution is 2.32. The molecule has 2 amide bonds. The van der Waals surface area contributed by atoms with Gasteiger partial charge in [0.15, 0.2) is 0 Å². The maximum Gasteiger partial charge on any atom is 0.233 e. The number of carbonyl (C=O) groups excluding carboxylic acids is 2. The summed E-state index contributed by atoms with van der Waals surface area (Å²) in [6.45, 7) is 14.1. The van der Waals surface area contributed by atoms with E-state index in [1.54, 1.807) is 0 Å². The van der Waals surface area contributed by atoms with E-state index >= 15 is 0 Å². The largest absolute Gasteiger partial charge is 0.351 e. The van der Waals surface area contributed by atoms with Crippen LogP contribution in [0.5, 0.6) is 0 Å². The fourth-order valence-corrected chi connectivity index (χ4v) is 2.49. The van der Waals surface area contributed by atoms with Crippen molar-refractivity contribution in [3.8, 4) is 0 Å². The maximum absolute atomic E-state index is 12.3. The number of anilines is 1. The summed E-state index contributed by atoms with van der Waals surface area (Å²) in [7, 11) is 0. The number of rotatable bonds is 5. The molecule has 0 fully saturated rings. The lowest BCUT2D eigenvalue weighted by Gasteiger charge is -2.22. The number of hydrogen-bond acceptors (Lipinski definition) is 2. The second-order valence-electron chi connectivity index (χ2n) is 7.64. The zero-order valence-corrected chi connectivity index (χ0v) is 15.4. The van der Waals surface area contributed by atoms with Gasteiger partial charge in [-0.3, -0.25) is 9.59 Å². The Morgan fingerprint density at radius 1 is 0.957 bits per heavy atom. The van der Waals surface area contributed by atoms with Gasteiger partial charge in [0, 0.05) is 11.2 Å². The SMILES string of the molecule is CC(C)c1cccc(C(C)C)c1NC(=O)CC(=O)NC(C)(C)C. The molecular formula is C19H30N2O2. The van der Waals surface area contributed by atoms with E-state index in [1.165, 1.54) is 0 Å². The van der Waals surface area contributed by atoms with Crippen molar-refractivity contribution in [1.29, 1.82) is 0 Å². The summed E-state index contributed by atoms with van der Waals surface area (Å²) < 4.78 is 0. The molecule has 1 aromatic rings. The molecule has 0 unspecified atom stereocenters. The van der Waals surface area contributed by atoms with Gasteiger partial charge in [0.1, 0.15) is 6.42 Å². The first kappa shape index (κ1) is 19.2. The number of nitrogens with one attached hydrogen (secondary N) is 2. The van der Waals surface area contributed by atoms with E-state index in [2.05, 4.69) is 38.3 Å². The Morgan fingerprint density at radius 3 is 1.83 bits per heavy atom. The van der Waals surface area contributed by atoms with E-state index in [0.29, 0.717) is 11.8 Å². The van der Waals surface area contributed by atoms with Gasteiger partial charge in [-0.15, -0.1) is 0 Å². The van der Waals surface area contributed by atoms with Crippen LogP contribution in [0.2, 0.25) is 0 Å². The highest BCUT2D eigenvalue weighted by Gasteiger charge is 2.19. The minimum atomic E-state index is -0.337.